The summed E-state index contributed by atoms with van der Waals surface area (Å²) in [4.78, 5) is 28.0. The number of carbonyl (C=O) groups is 2. The van der Waals surface area contributed by atoms with Crippen molar-refractivity contribution < 1.29 is 24.3 Å². The van der Waals surface area contributed by atoms with Crippen LogP contribution in [0.1, 0.15) is 27.0 Å². The number of aromatic carboxylic acids is 1. The van der Waals surface area contributed by atoms with Crippen LogP contribution in [0.15, 0.2) is 77.5 Å². The topological polar surface area (TPSA) is 85.2 Å². The van der Waals surface area contributed by atoms with E-state index in [0.717, 1.165) is 11.1 Å². The Labute approximate surface area is 193 Å². The van der Waals surface area contributed by atoms with Crippen molar-refractivity contribution in [3.05, 3.63) is 105 Å². The summed E-state index contributed by atoms with van der Waals surface area (Å²) in [6.07, 6.45) is 1.60. The lowest BCUT2D eigenvalue weighted by molar-refractivity contribution is -0.136. The Bertz CT molecular complexity index is 1230. The van der Waals surface area contributed by atoms with Crippen LogP contribution < -0.4 is 4.74 Å². The van der Waals surface area contributed by atoms with Crippen LogP contribution in [0.4, 0.5) is 0 Å². The van der Waals surface area contributed by atoms with Crippen molar-refractivity contribution in [2.24, 2.45) is 5.16 Å². The summed E-state index contributed by atoms with van der Waals surface area (Å²) < 4.78 is 5.74. The van der Waals surface area contributed by atoms with Crippen LogP contribution in [-0.4, -0.2) is 22.8 Å². The van der Waals surface area contributed by atoms with E-state index in [9.17, 15) is 9.59 Å². The van der Waals surface area contributed by atoms with Gasteiger partial charge < -0.3 is 14.7 Å². The quantitative estimate of drug-likeness (QED) is 0.375. The highest BCUT2D eigenvalue weighted by Crippen LogP contribution is 2.36. The molecule has 3 aromatic rings. The van der Waals surface area contributed by atoms with Gasteiger partial charge in [0.1, 0.15) is 12.3 Å². The third kappa shape index (κ3) is 4.66. The fourth-order valence-electron chi connectivity index (χ4n) is 3.08. The van der Waals surface area contributed by atoms with E-state index in [-0.39, 0.29) is 33.5 Å². The molecule has 0 aliphatic carbocycles. The van der Waals surface area contributed by atoms with Gasteiger partial charge in [-0.25, -0.2) is 9.59 Å². The van der Waals surface area contributed by atoms with Crippen molar-refractivity contribution in [1.29, 1.82) is 0 Å². The first-order chi connectivity index (χ1) is 15.4. The largest absolute Gasteiger partial charge is 0.486 e. The minimum atomic E-state index is -1.00. The van der Waals surface area contributed by atoms with Crippen molar-refractivity contribution >= 4 is 46.9 Å². The molecule has 1 N–H and O–H groups in total. The Morgan fingerprint density at radius 3 is 2.31 bits per heavy atom. The van der Waals surface area contributed by atoms with Gasteiger partial charge in [0, 0.05) is 5.56 Å². The lowest BCUT2D eigenvalue weighted by atomic mass is 10.0. The predicted octanol–water partition coefficient (Wildman–Crippen LogP) is 5.62. The molecule has 0 aromatic heterocycles. The van der Waals surface area contributed by atoms with E-state index in [4.69, 9.17) is 37.9 Å². The van der Waals surface area contributed by atoms with Crippen LogP contribution in [0.2, 0.25) is 10.0 Å². The molecule has 1 aliphatic rings. The van der Waals surface area contributed by atoms with Crippen molar-refractivity contribution in [3.63, 3.8) is 0 Å². The van der Waals surface area contributed by atoms with Crippen LogP contribution in [-0.2, 0) is 16.2 Å². The Balaban J connectivity index is 1.55. The third-order valence-electron chi connectivity index (χ3n) is 4.66. The predicted molar refractivity (Wildman–Crippen MR) is 121 cm³/mol. The van der Waals surface area contributed by atoms with Gasteiger partial charge in [0.05, 0.1) is 21.2 Å². The number of carbonyl (C=O) groups excluding carboxylic acids is 1. The highest BCUT2D eigenvalue weighted by atomic mass is 35.5. The Morgan fingerprint density at radius 1 is 1.03 bits per heavy atom. The van der Waals surface area contributed by atoms with Gasteiger partial charge in [-0.3, -0.25) is 0 Å². The number of carboxylic acids is 1. The van der Waals surface area contributed by atoms with Crippen LogP contribution in [0.5, 0.6) is 5.75 Å². The number of carboxylic acid groups (broad SMARTS) is 1. The highest BCUT2D eigenvalue weighted by Gasteiger charge is 2.27. The average molecular weight is 468 g/mol. The minimum Gasteiger partial charge on any atom is -0.486 e. The van der Waals surface area contributed by atoms with Crippen LogP contribution in [0.25, 0.3) is 6.08 Å². The molecule has 1 aliphatic heterocycles. The molecular weight excluding hydrogens is 453 g/mol. The van der Waals surface area contributed by atoms with E-state index in [1.807, 2.05) is 30.3 Å². The first kappa shape index (κ1) is 21.6. The zero-order chi connectivity index (χ0) is 22.7. The van der Waals surface area contributed by atoms with Gasteiger partial charge in [0.25, 0.3) is 0 Å². The van der Waals surface area contributed by atoms with E-state index >= 15 is 0 Å². The molecule has 0 amide bonds. The summed E-state index contributed by atoms with van der Waals surface area (Å²) >= 11 is 12.8. The normalized spacial score (nSPS) is 14.2. The molecule has 1 heterocycles. The van der Waals surface area contributed by atoms with E-state index in [0.29, 0.717) is 11.3 Å². The molecule has 0 unspecified atom stereocenters. The Morgan fingerprint density at radius 2 is 1.69 bits per heavy atom. The maximum atomic E-state index is 12.2. The molecule has 6 nitrogen and oxygen atoms in total. The first-order valence-corrected chi connectivity index (χ1v) is 10.2. The summed E-state index contributed by atoms with van der Waals surface area (Å²) in [7, 11) is 0. The smallest absolute Gasteiger partial charge is 0.368 e. The molecule has 0 saturated carbocycles. The molecule has 0 atom stereocenters. The molecule has 0 radical (unpaired) electrons. The van der Waals surface area contributed by atoms with Gasteiger partial charge in [-0.05, 0) is 41.5 Å². The van der Waals surface area contributed by atoms with Crippen molar-refractivity contribution in [2.75, 3.05) is 0 Å². The fourth-order valence-corrected chi connectivity index (χ4v) is 3.69. The number of halogens is 2. The first-order valence-electron chi connectivity index (χ1n) is 9.43. The van der Waals surface area contributed by atoms with Crippen molar-refractivity contribution in [2.45, 2.75) is 6.61 Å². The second-order valence-electron chi connectivity index (χ2n) is 6.85. The van der Waals surface area contributed by atoms with Gasteiger partial charge in [-0.1, -0.05) is 70.8 Å². The molecule has 160 valence electrons. The second kappa shape index (κ2) is 9.26. The fraction of sp³-hybridized carbons (Fsp3) is 0.0417. The lowest BCUT2D eigenvalue weighted by Crippen LogP contribution is -2.06. The number of hydrogen-bond donors (Lipinski definition) is 1. The Hall–Kier alpha value is -3.61. The molecule has 0 fully saturated rings. The number of rotatable bonds is 6. The lowest BCUT2D eigenvalue weighted by Gasteiger charge is -2.11. The van der Waals surface area contributed by atoms with Crippen LogP contribution in [0.3, 0.4) is 0 Å². The van der Waals surface area contributed by atoms with E-state index in [2.05, 4.69) is 5.16 Å². The van der Waals surface area contributed by atoms with Crippen LogP contribution >= 0.6 is 23.2 Å². The molecule has 32 heavy (non-hydrogen) atoms. The minimum absolute atomic E-state index is 0.150. The highest BCUT2D eigenvalue weighted by molar-refractivity contribution is 6.37. The number of ether oxygens (including phenoxy) is 1. The molecule has 3 aromatic carbocycles. The van der Waals surface area contributed by atoms with Gasteiger partial charge >= 0.3 is 11.9 Å². The monoisotopic (exact) mass is 467 g/mol. The summed E-state index contributed by atoms with van der Waals surface area (Å²) in [5, 5.41) is 13.4. The van der Waals surface area contributed by atoms with Gasteiger partial charge in [0.15, 0.2) is 5.75 Å². The van der Waals surface area contributed by atoms with Crippen LogP contribution in [0, 0.1) is 0 Å². The van der Waals surface area contributed by atoms with Gasteiger partial charge in [-0.15, -0.1) is 0 Å². The van der Waals surface area contributed by atoms with Gasteiger partial charge in [0.2, 0.25) is 0 Å². The maximum Gasteiger partial charge on any atom is 0.368 e. The molecule has 8 heteroatoms. The SMILES string of the molecule is O=C1ON=C(c2ccccc2)/C1=C/c1cc(Cl)c(OCc2ccc(C(=O)O)cc2)c(Cl)c1. The Kier molecular flexibility index (Phi) is 6.25. The molecule has 4 rings (SSSR count). The third-order valence-corrected chi connectivity index (χ3v) is 5.22. The summed E-state index contributed by atoms with van der Waals surface area (Å²) in [6.45, 7) is 0.150. The summed E-state index contributed by atoms with van der Waals surface area (Å²) in [6, 6.07) is 18.7. The zero-order valence-electron chi connectivity index (χ0n) is 16.4. The molecule has 0 spiro atoms. The maximum absolute atomic E-state index is 12.2. The van der Waals surface area contributed by atoms with E-state index in [1.165, 1.54) is 12.1 Å². The second-order valence-corrected chi connectivity index (χ2v) is 7.66. The molecular formula is C24H15Cl2NO5. The number of nitrogens with zero attached hydrogens (tertiary/aromatic N) is 1. The number of oxime groups is 1. The average Bonchev–Trinajstić information content (AvgIpc) is 3.14. The summed E-state index contributed by atoms with van der Waals surface area (Å²) in [5.41, 5.74) is 2.98. The number of hydrogen-bond acceptors (Lipinski definition) is 5. The standard InChI is InChI=1S/C24H15Cl2NO5/c25-19-11-15(10-18-21(27-32-24(18)30)16-4-2-1-3-5-16)12-20(26)22(19)31-13-14-6-8-17(9-7-14)23(28)29/h1-12H,13H2,(H,28,29)/b18-10-. The molecule has 0 bridgehead atoms. The van der Waals surface area contributed by atoms with Gasteiger partial charge in [-0.2, -0.15) is 0 Å². The summed E-state index contributed by atoms with van der Waals surface area (Å²) in [5.74, 6) is -1.29. The number of benzene rings is 3. The van der Waals surface area contributed by atoms with E-state index < -0.39 is 11.9 Å². The molecule has 0 saturated heterocycles. The van der Waals surface area contributed by atoms with E-state index in [1.54, 1.807) is 30.3 Å². The zero-order valence-corrected chi connectivity index (χ0v) is 17.9. The van der Waals surface area contributed by atoms with Crippen molar-refractivity contribution in [3.8, 4) is 5.75 Å². The van der Waals surface area contributed by atoms with Crippen molar-refractivity contribution in [1.82, 2.24) is 0 Å².